The number of halogens is 2. The smallest absolute Gasteiger partial charge is 0.349 e. The van der Waals surface area contributed by atoms with Gasteiger partial charge in [-0.25, -0.2) is 9.78 Å². The molecule has 1 aliphatic heterocycles. The first-order chi connectivity index (χ1) is 13.0. The lowest BCUT2D eigenvalue weighted by Gasteiger charge is -2.24. The molecule has 9 heteroatoms. The Morgan fingerprint density at radius 2 is 2.17 bits per heavy atom. The summed E-state index contributed by atoms with van der Waals surface area (Å²) in [6, 6.07) is 1.86. The van der Waals surface area contributed by atoms with Crippen LogP contribution >= 0.6 is 24.8 Å². The predicted octanol–water partition coefficient (Wildman–Crippen LogP) is 3.04. The maximum atomic E-state index is 13.1. The molecule has 3 heterocycles. The number of imidazole rings is 1. The Kier molecular flexibility index (Phi) is 9.89. The van der Waals surface area contributed by atoms with Gasteiger partial charge in [0.1, 0.15) is 17.1 Å². The normalized spacial score (nSPS) is 15.9. The van der Waals surface area contributed by atoms with Gasteiger partial charge < -0.3 is 19.2 Å². The highest BCUT2D eigenvalue weighted by Gasteiger charge is 2.26. The summed E-state index contributed by atoms with van der Waals surface area (Å²) in [5, 5.41) is 3.33. The summed E-state index contributed by atoms with van der Waals surface area (Å²) in [5.41, 5.74) is 0.268. The van der Waals surface area contributed by atoms with E-state index in [1.165, 1.54) is 0 Å². The second-order valence-corrected chi connectivity index (χ2v) is 7.22. The van der Waals surface area contributed by atoms with Crippen molar-refractivity contribution in [3.05, 3.63) is 51.6 Å². The minimum atomic E-state index is -0.540. The highest BCUT2D eigenvalue weighted by molar-refractivity contribution is 5.95. The molecular weight excluding hydrogens is 415 g/mol. The predicted molar refractivity (Wildman–Crippen MR) is 117 cm³/mol. The molecule has 1 aliphatic rings. The third-order valence-corrected chi connectivity index (χ3v) is 5.11. The van der Waals surface area contributed by atoms with E-state index in [1.54, 1.807) is 11.1 Å². The number of carbonyl (C=O) groups is 1. The highest BCUT2D eigenvalue weighted by Crippen LogP contribution is 2.24. The van der Waals surface area contributed by atoms with Crippen LogP contribution < -0.4 is 10.9 Å². The Hall–Kier alpha value is -1.83. The van der Waals surface area contributed by atoms with E-state index in [2.05, 4.69) is 10.3 Å². The van der Waals surface area contributed by atoms with E-state index in [-0.39, 0.29) is 42.2 Å². The largest absolute Gasteiger partial charge is 0.427 e. The third kappa shape index (κ3) is 5.84. The molecule has 0 bridgehead atoms. The monoisotopic (exact) mass is 444 g/mol. The second-order valence-electron chi connectivity index (χ2n) is 7.22. The number of hydrogen-bond acceptors (Lipinski definition) is 5. The first kappa shape index (κ1) is 25.2. The van der Waals surface area contributed by atoms with Crippen molar-refractivity contribution in [1.29, 1.82) is 0 Å². The number of amides is 1. The van der Waals surface area contributed by atoms with Gasteiger partial charge in [-0.3, -0.25) is 4.79 Å². The molecule has 0 saturated carbocycles. The Morgan fingerprint density at radius 1 is 1.41 bits per heavy atom. The van der Waals surface area contributed by atoms with E-state index in [0.717, 1.165) is 38.2 Å². The molecular formula is C20H30Cl2N4O3. The van der Waals surface area contributed by atoms with Crippen molar-refractivity contribution in [2.75, 3.05) is 19.6 Å². The zero-order valence-electron chi connectivity index (χ0n) is 17.1. The van der Waals surface area contributed by atoms with Gasteiger partial charge >= 0.3 is 5.63 Å². The van der Waals surface area contributed by atoms with Crippen molar-refractivity contribution in [1.82, 2.24) is 19.8 Å². The molecule has 2 aromatic heterocycles. The Labute approximate surface area is 183 Å². The SMILES string of the molecule is CCCN(Cc1nccn1C)C(=O)c1c(C)cc(C2CCCNC2)oc1=O.Cl.Cl. The molecule has 1 saturated heterocycles. The number of hydrogen-bond donors (Lipinski definition) is 1. The van der Waals surface area contributed by atoms with Crippen LogP contribution in [-0.2, 0) is 13.6 Å². The molecule has 162 valence electrons. The second kappa shape index (κ2) is 11.4. The van der Waals surface area contributed by atoms with E-state index in [4.69, 9.17) is 4.42 Å². The molecule has 0 radical (unpaired) electrons. The number of aryl methyl sites for hydroxylation is 2. The summed E-state index contributed by atoms with van der Waals surface area (Å²) in [4.78, 5) is 31.8. The standard InChI is InChI=1S/C20H28N4O3.2ClH/c1-4-9-24(13-17-22-8-10-23(17)3)19(25)18-14(2)11-16(27-20(18)26)15-6-5-7-21-12-15;;/h8,10-11,15,21H,4-7,9,12-13H2,1-3H3;2*1H. The Morgan fingerprint density at radius 3 is 2.72 bits per heavy atom. The van der Waals surface area contributed by atoms with Crippen LogP contribution in [0.25, 0.3) is 0 Å². The summed E-state index contributed by atoms with van der Waals surface area (Å²) >= 11 is 0. The van der Waals surface area contributed by atoms with Gasteiger partial charge in [0.15, 0.2) is 0 Å². The molecule has 0 aromatic carbocycles. The van der Waals surface area contributed by atoms with E-state index >= 15 is 0 Å². The van der Waals surface area contributed by atoms with Crippen molar-refractivity contribution in [3.63, 3.8) is 0 Å². The molecule has 1 atom stereocenters. The van der Waals surface area contributed by atoms with Gasteiger partial charge in [-0.2, -0.15) is 0 Å². The first-order valence-corrected chi connectivity index (χ1v) is 9.62. The van der Waals surface area contributed by atoms with Crippen molar-refractivity contribution in [2.24, 2.45) is 7.05 Å². The van der Waals surface area contributed by atoms with E-state index in [1.807, 2.05) is 37.7 Å². The third-order valence-electron chi connectivity index (χ3n) is 5.11. The average molecular weight is 445 g/mol. The summed E-state index contributed by atoms with van der Waals surface area (Å²) in [6.07, 6.45) is 6.39. The van der Waals surface area contributed by atoms with Crippen LogP contribution in [0.3, 0.4) is 0 Å². The zero-order valence-corrected chi connectivity index (χ0v) is 18.8. The quantitative estimate of drug-likeness (QED) is 0.740. The van der Waals surface area contributed by atoms with Crippen molar-refractivity contribution >= 4 is 30.7 Å². The summed E-state index contributed by atoms with van der Waals surface area (Å²) < 4.78 is 7.45. The molecule has 2 aromatic rings. The van der Waals surface area contributed by atoms with Crippen LogP contribution in [-0.4, -0.2) is 40.0 Å². The summed E-state index contributed by atoms with van der Waals surface area (Å²) in [7, 11) is 1.89. The van der Waals surface area contributed by atoms with E-state index in [9.17, 15) is 9.59 Å². The molecule has 29 heavy (non-hydrogen) atoms. The van der Waals surface area contributed by atoms with E-state index in [0.29, 0.717) is 24.4 Å². The molecule has 1 amide bonds. The van der Waals surface area contributed by atoms with Crippen LogP contribution in [0.4, 0.5) is 0 Å². The number of nitrogens with zero attached hydrogens (tertiary/aromatic N) is 3. The fourth-order valence-electron chi connectivity index (χ4n) is 3.59. The molecule has 1 N–H and O–H groups in total. The number of carbonyl (C=O) groups excluding carboxylic acids is 1. The summed E-state index contributed by atoms with van der Waals surface area (Å²) in [6.45, 7) is 6.54. The number of rotatable bonds is 6. The number of aromatic nitrogens is 2. The minimum Gasteiger partial charge on any atom is -0.427 e. The molecule has 1 unspecified atom stereocenters. The van der Waals surface area contributed by atoms with Crippen LogP contribution in [0, 0.1) is 6.92 Å². The molecule has 3 rings (SSSR count). The maximum absolute atomic E-state index is 13.1. The van der Waals surface area contributed by atoms with Gasteiger partial charge in [0, 0.05) is 38.4 Å². The first-order valence-electron chi connectivity index (χ1n) is 9.62. The van der Waals surface area contributed by atoms with Crippen molar-refractivity contribution in [3.8, 4) is 0 Å². The van der Waals surface area contributed by atoms with Crippen LogP contribution in [0.2, 0.25) is 0 Å². The average Bonchev–Trinajstić information content (AvgIpc) is 3.06. The lowest BCUT2D eigenvalue weighted by atomic mass is 9.95. The molecule has 7 nitrogen and oxygen atoms in total. The van der Waals surface area contributed by atoms with E-state index < -0.39 is 5.63 Å². The van der Waals surface area contributed by atoms with Crippen molar-refractivity contribution in [2.45, 2.75) is 45.6 Å². The maximum Gasteiger partial charge on any atom is 0.349 e. The fourth-order valence-corrected chi connectivity index (χ4v) is 3.59. The number of nitrogens with one attached hydrogen (secondary N) is 1. The zero-order chi connectivity index (χ0) is 19.4. The Balaban J connectivity index is 0.00000210. The lowest BCUT2D eigenvalue weighted by molar-refractivity contribution is 0.0731. The van der Waals surface area contributed by atoms with Crippen LogP contribution in [0.15, 0.2) is 27.7 Å². The van der Waals surface area contributed by atoms with Crippen molar-refractivity contribution < 1.29 is 9.21 Å². The van der Waals surface area contributed by atoms with Crippen LogP contribution in [0.1, 0.15) is 59.6 Å². The van der Waals surface area contributed by atoms with Gasteiger partial charge in [0.05, 0.1) is 6.54 Å². The summed E-state index contributed by atoms with van der Waals surface area (Å²) in [5.74, 6) is 1.35. The van der Waals surface area contributed by atoms with Gasteiger partial charge in [0.25, 0.3) is 5.91 Å². The Bertz CT molecular complexity index is 860. The van der Waals surface area contributed by atoms with Crippen LogP contribution in [0.5, 0.6) is 0 Å². The fraction of sp³-hybridized carbons (Fsp3) is 0.550. The number of piperidine rings is 1. The topological polar surface area (TPSA) is 80.4 Å². The molecule has 0 spiro atoms. The minimum absolute atomic E-state index is 0. The van der Waals surface area contributed by atoms with Gasteiger partial charge in [-0.1, -0.05) is 6.92 Å². The highest BCUT2D eigenvalue weighted by atomic mass is 35.5. The molecule has 1 fully saturated rings. The van der Waals surface area contributed by atoms with Gasteiger partial charge in [0.2, 0.25) is 0 Å². The lowest BCUT2D eigenvalue weighted by Crippen LogP contribution is -2.36. The van der Waals surface area contributed by atoms with Gasteiger partial charge in [-0.05, 0) is 44.4 Å². The molecule has 0 aliphatic carbocycles. The van der Waals surface area contributed by atoms with Gasteiger partial charge in [-0.15, -0.1) is 24.8 Å².